The molecular formula is C24H31F2N3O3S. The highest BCUT2D eigenvalue weighted by molar-refractivity contribution is 7.85. The second-order valence-corrected chi connectivity index (χ2v) is 9.19. The Kier molecular flexibility index (Phi) is 9.67. The average molecular weight is 480 g/mol. The third-order valence-corrected chi connectivity index (χ3v) is 6.90. The Labute approximate surface area is 195 Å². The molecule has 0 spiro atoms. The van der Waals surface area contributed by atoms with Crippen molar-refractivity contribution in [2.45, 2.75) is 46.3 Å². The molecule has 1 fully saturated rings. The van der Waals surface area contributed by atoms with Gasteiger partial charge in [0.2, 0.25) is 0 Å². The van der Waals surface area contributed by atoms with E-state index in [1.54, 1.807) is 35.0 Å². The zero-order valence-electron chi connectivity index (χ0n) is 19.6. The van der Waals surface area contributed by atoms with E-state index < -0.39 is 17.4 Å². The first kappa shape index (κ1) is 26.6. The summed E-state index contributed by atoms with van der Waals surface area (Å²) in [5.41, 5.74) is 2.86. The lowest BCUT2D eigenvalue weighted by molar-refractivity contribution is -0.0498. The molecule has 4 rings (SSSR count). The summed E-state index contributed by atoms with van der Waals surface area (Å²) in [5, 5.41) is 8.43. The molecule has 1 N–H and O–H groups in total. The van der Waals surface area contributed by atoms with Crippen LogP contribution in [0.25, 0.3) is 16.6 Å². The summed E-state index contributed by atoms with van der Waals surface area (Å²) < 4.78 is 41.6. The number of nitrogens with one attached hydrogen (secondary N) is 1. The van der Waals surface area contributed by atoms with Gasteiger partial charge in [-0.1, -0.05) is 19.9 Å². The van der Waals surface area contributed by atoms with Crippen molar-refractivity contribution in [2.24, 2.45) is 0 Å². The number of aryl methyl sites for hydroxylation is 1. The molecule has 3 aromatic rings. The lowest BCUT2D eigenvalue weighted by Crippen LogP contribution is -2.40. The average Bonchev–Trinajstić information content (AvgIpc) is 3.34. The van der Waals surface area contributed by atoms with Crippen molar-refractivity contribution in [3.05, 3.63) is 53.7 Å². The van der Waals surface area contributed by atoms with Crippen LogP contribution < -0.4 is 10.1 Å². The Bertz CT molecular complexity index is 1100. The minimum Gasteiger partial charge on any atom is -0.435 e. The minimum absolute atomic E-state index is 0.0679. The number of carbonyl (C=O) groups excluding carboxylic acids is 1. The second-order valence-electron chi connectivity index (χ2n) is 7.62. The highest BCUT2D eigenvalue weighted by Gasteiger charge is 2.31. The van der Waals surface area contributed by atoms with Crippen LogP contribution in [0.2, 0.25) is 0 Å². The smallest absolute Gasteiger partial charge is 0.387 e. The summed E-state index contributed by atoms with van der Waals surface area (Å²) in [7, 11) is 1.38. The number of hydrogen-bond donors (Lipinski definition) is 1. The summed E-state index contributed by atoms with van der Waals surface area (Å²) in [6.45, 7) is 5.08. The van der Waals surface area contributed by atoms with Crippen LogP contribution in [-0.4, -0.2) is 51.0 Å². The first-order valence-corrected chi connectivity index (χ1v) is 12.3. The number of nitrogens with zero attached hydrogens (tertiary/aromatic N) is 2. The predicted octanol–water partition coefficient (Wildman–Crippen LogP) is 4.89. The van der Waals surface area contributed by atoms with Crippen LogP contribution in [0.15, 0.2) is 42.5 Å². The third-order valence-electron chi connectivity index (χ3n) is 5.28. The maximum absolute atomic E-state index is 12.3. The van der Waals surface area contributed by atoms with Gasteiger partial charge in [-0.05, 0) is 57.6 Å². The highest BCUT2D eigenvalue weighted by Crippen LogP contribution is 2.25. The molecule has 33 heavy (non-hydrogen) atoms. The summed E-state index contributed by atoms with van der Waals surface area (Å²) in [6, 6.07) is 11.5. The van der Waals surface area contributed by atoms with Gasteiger partial charge >= 0.3 is 6.61 Å². The lowest BCUT2D eigenvalue weighted by atomic mass is 10.0. The molecule has 2 atom stereocenters. The molecule has 9 heteroatoms. The second kappa shape index (κ2) is 12.0. The first-order valence-electron chi connectivity index (χ1n) is 10.8. The Morgan fingerprint density at radius 3 is 2.52 bits per heavy atom. The summed E-state index contributed by atoms with van der Waals surface area (Å²) in [5.74, 6) is 1.76. The van der Waals surface area contributed by atoms with Crippen molar-refractivity contribution in [1.29, 1.82) is 0 Å². The Balaban J connectivity index is 0.000000293. The van der Waals surface area contributed by atoms with Gasteiger partial charge in [0.25, 0.3) is 0 Å². The number of benzene rings is 2. The number of ether oxygens (including phenoxy) is 1. The Morgan fingerprint density at radius 1 is 1.24 bits per heavy atom. The minimum atomic E-state index is -2.87. The van der Waals surface area contributed by atoms with Gasteiger partial charge < -0.3 is 10.1 Å². The predicted molar refractivity (Wildman–Crippen MR) is 129 cm³/mol. The maximum Gasteiger partial charge on any atom is 0.387 e. The van der Waals surface area contributed by atoms with Gasteiger partial charge in [-0.2, -0.15) is 13.9 Å². The monoisotopic (exact) mass is 479 g/mol. The molecule has 6 nitrogen and oxygen atoms in total. The van der Waals surface area contributed by atoms with E-state index in [0.717, 1.165) is 40.8 Å². The molecule has 0 aliphatic carbocycles. The van der Waals surface area contributed by atoms with E-state index in [1.807, 2.05) is 27.8 Å². The third kappa shape index (κ3) is 6.91. The van der Waals surface area contributed by atoms with Gasteiger partial charge in [0.15, 0.2) is 0 Å². The van der Waals surface area contributed by atoms with Crippen molar-refractivity contribution < 1.29 is 22.5 Å². The molecule has 1 aliphatic heterocycles. The molecule has 2 aromatic carbocycles. The number of halogens is 2. The molecule has 1 aliphatic rings. The standard InChI is InChI=1S/C16H12F2N2O2.C6H13NOS.C2H6/c1-10-14-7-11(9-21)5-6-15(14)20(19-10)12-3-2-4-13(8-12)22-16(17)18;1-6(7-2)3-4-9(8)5-6;1-2/h2-9,16H,1H3;7H,3-5H2,1-2H3;1-2H3. The topological polar surface area (TPSA) is 73.2 Å². The van der Waals surface area contributed by atoms with Crippen LogP contribution in [0.4, 0.5) is 8.78 Å². The van der Waals surface area contributed by atoms with E-state index >= 15 is 0 Å². The number of fused-ring (bicyclic) bond motifs is 1. The summed E-state index contributed by atoms with van der Waals surface area (Å²) in [6.07, 6.45) is 1.82. The van der Waals surface area contributed by atoms with Crippen LogP contribution >= 0.6 is 0 Å². The molecule has 1 saturated heterocycles. The van der Waals surface area contributed by atoms with Crippen LogP contribution in [0.1, 0.15) is 43.2 Å². The molecule has 2 heterocycles. The SMILES string of the molecule is CC.CNC1(C)CCS(=O)C1.Cc1nn(-c2cccc(OC(F)F)c2)c2ccc(C=O)cc12. The molecule has 180 valence electrons. The zero-order chi connectivity index (χ0) is 24.6. The number of hydrogen-bond acceptors (Lipinski definition) is 5. The number of rotatable bonds is 5. The number of aromatic nitrogens is 2. The first-order chi connectivity index (χ1) is 15.7. The van der Waals surface area contributed by atoms with E-state index in [-0.39, 0.29) is 11.3 Å². The molecule has 0 radical (unpaired) electrons. The van der Waals surface area contributed by atoms with Crippen LogP contribution in [0.3, 0.4) is 0 Å². The van der Waals surface area contributed by atoms with Gasteiger partial charge in [-0.3, -0.25) is 9.00 Å². The molecule has 0 saturated carbocycles. The van der Waals surface area contributed by atoms with Gasteiger partial charge in [0, 0.05) is 44.9 Å². The van der Waals surface area contributed by atoms with Crippen molar-refractivity contribution >= 4 is 28.0 Å². The molecule has 0 amide bonds. The largest absolute Gasteiger partial charge is 0.435 e. The van der Waals surface area contributed by atoms with Crippen molar-refractivity contribution in [3.8, 4) is 11.4 Å². The van der Waals surface area contributed by atoms with Gasteiger partial charge in [-0.15, -0.1) is 0 Å². The maximum atomic E-state index is 12.3. The van der Waals surface area contributed by atoms with Crippen LogP contribution in [0.5, 0.6) is 5.75 Å². The molecule has 0 bridgehead atoms. The van der Waals surface area contributed by atoms with E-state index in [9.17, 15) is 17.8 Å². The fraction of sp³-hybridized carbons (Fsp3) is 0.417. The number of carbonyl (C=O) groups is 1. The van der Waals surface area contributed by atoms with E-state index in [0.29, 0.717) is 11.3 Å². The highest BCUT2D eigenvalue weighted by atomic mass is 32.2. The van der Waals surface area contributed by atoms with E-state index in [2.05, 4.69) is 22.1 Å². The van der Waals surface area contributed by atoms with Crippen molar-refractivity contribution in [1.82, 2.24) is 15.1 Å². The van der Waals surface area contributed by atoms with E-state index in [4.69, 9.17) is 0 Å². The van der Waals surface area contributed by atoms with Crippen molar-refractivity contribution in [2.75, 3.05) is 18.6 Å². The van der Waals surface area contributed by atoms with Crippen LogP contribution in [0, 0.1) is 6.92 Å². The van der Waals surface area contributed by atoms with Crippen LogP contribution in [-0.2, 0) is 10.8 Å². The van der Waals surface area contributed by atoms with Gasteiger partial charge in [0.1, 0.15) is 12.0 Å². The molecule has 1 aromatic heterocycles. The normalized spacial score (nSPS) is 19.5. The van der Waals surface area contributed by atoms with E-state index in [1.165, 1.54) is 12.1 Å². The Hall–Kier alpha value is -2.65. The van der Waals surface area contributed by atoms with Crippen molar-refractivity contribution in [3.63, 3.8) is 0 Å². The lowest BCUT2D eigenvalue weighted by Gasteiger charge is -2.20. The molecular weight excluding hydrogens is 448 g/mol. The van der Waals surface area contributed by atoms with Gasteiger partial charge in [0.05, 0.1) is 16.9 Å². The summed E-state index contributed by atoms with van der Waals surface area (Å²) >= 11 is 0. The summed E-state index contributed by atoms with van der Waals surface area (Å²) in [4.78, 5) is 10.9. The number of aldehydes is 1. The quantitative estimate of drug-likeness (QED) is 0.528. The number of alkyl halides is 2. The molecule has 2 unspecified atom stereocenters. The Morgan fingerprint density at radius 2 is 1.97 bits per heavy atom. The fourth-order valence-electron chi connectivity index (χ4n) is 3.38. The zero-order valence-corrected chi connectivity index (χ0v) is 20.4. The van der Waals surface area contributed by atoms with Gasteiger partial charge in [-0.25, -0.2) is 4.68 Å². The fourth-order valence-corrected chi connectivity index (χ4v) is 5.21.